The molecule has 0 aliphatic carbocycles. The van der Waals surface area contributed by atoms with Crippen molar-refractivity contribution in [3.8, 4) is 12.1 Å². The summed E-state index contributed by atoms with van der Waals surface area (Å²) in [6.07, 6.45) is 1.39. The maximum absolute atomic E-state index is 12.2. The van der Waals surface area contributed by atoms with E-state index in [2.05, 4.69) is 20.5 Å². The van der Waals surface area contributed by atoms with Crippen molar-refractivity contribution in [2.75, 3.05) is 5.32 Å². The van der Waals surface area contributed by atoms with Crippen LogP contribution >= 0.6 is 11.3 Å². The van der Waals surface area contributed by atoms with Gasteiger partial charge in [0.25, 0.3) is 5.91 Å². The van der Waals surface area contributed by atoms with Crippen molar-refractivity contribution in [3.05, 3.63) is 57.6 Å². The summed E-state index contributed by atoms with van der Waals surface area (Å²) >= 11 is 1.12. The highest BCUT2D eigenvalue weighted by atomic mass is 32.1. The summed E-state index contributed by atoms with van der Waals surface area (Å²) in [4.78, 5) is 16.1. The number of nitrogens with one attached hydrogen (secondary N) is 1. The first-order chi connectivity index (χ1) is 12.1. The van der Waals surface area contributed by atoms with Crippen molar-refractivity contribution < 1.29 is 4.79 Å². The Labute approximate surface area is 147 Å². The Morgan fingerprint density at radius 3 is 2.68 bits per heavy atom. The number of hydrogen-bond donors (Lipinski definition) is 1. The molecule has 2 heterocycles. The molecule has 25 heavy (non-hydrogen) atoms. The Morgan fingerprint density at radius 2 is 2.00 bits per heavy atom. The zero-order valence-corrected chi connectivity index (χ0v) is 13.9. The molecule has 0 radical (unpaired) electrons. The predicted octanol–water partition coefficient (Wildman–Crippen LogP) is 2.09. The average Bonchev–Trinajstić information content (AvgIpc) is 3.23. The number of carbonyl (C=O) groups is 1. The van der Waals surface area contributed by atoms with Gasteiger partial charge in [-0.1, -0.05) is 29.0 Å². The number of aromatic nitrogens is 4. The molecule has 2 aromatic heterocycles. The van der Waals surface area contributed by atoms with Gasteiger partial charge in [0.05, 0.1) is 12.9 Å². The SMILES string of the molecule is Cc1ccc(NC(=O)c2nnc(Cn3cnc(C#N)c3C#N)s2)cc1. The fourth-order valence-corrected chi connectivity index (χ4v) is 2.81. The molecule has 3 rings (SSSR count). The smallest absolute Gasteiger partial charge is 0.286 e. The van der Waals surface area contributed by atoms with E-state index in [9.17, 15) is 4.79 Å². The monoisotopic (exact) mass is 349 g/mol. The first-order valence-electron chi connectivity index (χ1n) is 7.16. The number of imidazole rings is 1. The van der Waals surface area contributed by atoms with Crippen LogP contribution in [0.1, 0.15) is 31.8 Å². The van der Waals surface area contributed by atoms with Crippen LogP contribution in [0.2, 0.25) is 0 Å². The molecule has 9 heteroatoms. The van der Waals surface area contributed by atoms with E-state index in [1.807, 2.05) is 43.3 Å². The second-order valence-electron chi connectivity index (χ2n) is 5.11. The lowest BCUT2D eigenvalue weighted by Gasteiger charge is -2.02. The Kier molecular flexibility index (Phi) is 4.50. The molecule has 0 saturated heterocycles. The van der Waals surface area contributed by atoms with Crippen molar-refractivity contribution >= 4 is 22.9 Å². The maximum atomic E-state index is 12.2. The molecule has 1 N–H and O–H groups in total. The first-order valence-corrected chi connectivity index (χ1v) is 7.98. The fourth-order valence-electron chi connectivity index (χ4n) is 2.08. The second kappa shape index (κ2) is 6.91. The summed E-state index contributed by atoms with van der Waals surface area (Å²) in [5.41, 5.74) is 1.99. The maximum Gasteiger partial charge on any atom is 0.286 e. The molecule has 0 aliphatic heterocycles. The van der Waals surface area contributed by atoms with E-state index >= 15 is 0 Å². The number of anilines is 1. The first kappa shape index (κ1) is 16.3. The second-order valence-corrected chi connectivity index (χ2v) is 6.18. The quantitative estimate of drug-likeness (QED) is 0.770. The minimum Gasteiger partial charge on any atom is -0.320 e. The number of aryl methyl sites for hydroxylation is 1. The van der Waals surface area contributed by atoms with Gasteiger partial charge in [-0.05, 0) is 19.1 Å². The highest BCUT2D eigenvalue weighted by Crippen LogP contribution is 2.16. The van der Waals surface area contributed by atoms with Crippen LogP contribution in [0.5, 0.6) is 0 Å². The minimum absolute atomic E-state index is 0.0596. The molecule has 0 fully saturated rings. The Hall–Kier alpha value is -3.56. The molecule has 0 unspecified atom stereocenters. The Bertz CT molecular complexity index is 1000. The van der Waals surface area contributed by atoms with Crippen LogP contribution in [0.3, 0.4) is 0 Å². The van der Waals surface area contributed by atoms with Gasteiger partial charge in [0, 0.05) is 5.69 Å². The third-order valence-corrected chi connectivity index (χ3v) is 4.23. The number of benzene rings is 1. The molecule has 3 aromatic rings. The minimum atomic E-state index is -0.351. The summed E-state index contributed by atoms with van der Waals surface area (Å²) < 4.78 is 1.50. The Balaban J connectivity index is 1.73. The summed E-state index contributed by atoms with van der Waals surface area (Å²) in [6.45, 7) is 2.18. The molecule has 8 nitrogen and oxygen atoms in total. The van der Waals surface area contributed by atoms with Gasteiger partial charge in [0.15, 0.2) is 11.4 Å². The van der Waals surface area contributed by atoms with E-state index < -0.39 is 0 Å². The number of nitrogens with zero attached hydrogens (tertiary/aromatic N) is 6. The van der Waals surface area contributed by atoms with Gasteiger partial charge in [-0.25, -0.2) is 4.98 Å². The standard InChI is InChI=1S/C16H11N7OS/c1-10-2-4-11(5-3-10)20-15(24)16-22-21-14(25-16)8-23-9-19-12(6-17)13(23)7-18/h2-5,9H,8H2,1H3,(H,20,24). The molecule has 1 aromatic carbocycles. The number of nitriles is 2. The third kappa shape index (κ3) is 3.52. The average molecular weight is 349 g/mol. The van der Waals surface area contributed by atoms with Crippen molar-refractivity contribution in [1.29, 1.82) is 10.5 Å². The van der Waals surface area contributed by atoms with E-state index in [1.54, 1.807) is 0 Å². The predicted molar refractivity (Wildman–Crippen MR) is 89.8 cm³/mol. The van der Waals surface area contributed by atoms with Crippen molar-refractivity contribution in [2.24, 2.45) is 0 Å². The van der Waals surface area contributed by atoms with Crippen LogP contribution < -0.4 is 5.32 Å². The van der Waals surface area contributed by atoms with Crippen LogP contribution in [0.4, 0.5) is 5.69 Å². The Morgan fingerprint density at radius 1 is 1.24 bits per heavy atom. The summed E-state index contributed by atoms with van der Waals surface area (Å²) in [6, 6.07) is 11.2. The number of hydrogen-bond acceptors (Lipinski definition) is 7. The highest BCUT2D eigenvalue weighted by Gasteiger charge is 2.16. The molecule has 0 atom stereocenters. The molecule has 0 spiro atoms. The lowest BCUT2D eigenvalue weighted by atomic mass is 10.2. The molecule has 0 saturated carbocycles. The van der Waals surface area contributed by atoms with Gasteiger partial charge < -0.3 is 9.88 Å². The van der Waals surface area contributed by atoms with Gasteiger partial charge >= 0.3 is 0 Å². The molecular weight excluding hydrogens is 338 g/mol. The van der Waals surface area contributed by atoms with E-state index in [0.29, 0.717) is 10.7 Å². The summed E-state index contributed by atoms with van der Waals surface area (Å²) in [5.74, 6) is -0.351. The van der Waals surface area contributed by atoms with Gasteiger partial charge in [-0.3, -0.25) is 4.79 Å². The van der Waals surface area contributed by atoms with Crippen molar-refractivity contribution in [1.82, 2.24) is 19.7 Å². The fraction of sp³-hybridized carbons (Fsp3) is 0.125. The highest BCUT2D eigenvalue weighted by molar-refractivity contribution is 7.13. The van der Waals surface area contributed by atoms with Gasteiger partial charge in [-0.15, -0.1) is 10.2 Å². The van der Waals surface area contributed by atoms with Gasteiger partial charge in [0.2, 0.25) is 5.01 Å². The molecule has 0 bridgehead atoms. The van der Waals surface area contributed by atoms with Crippen LogP contribution in [0.15, 0.2) is 30.6 Å². The lowest BCUT2D eigenvalue weighted by Crippen LogP contribution is -2.11. The summed E-state index contributed by atoms with van der Waals surface area (Å²) in [7, 11) is 0. The summed E-state index contributed by atoms with van der Waals surface area (Å²) in [5, 5.41) is 29.4. The van der Waals surface area contributed by atoms with Crippen molar-refractivity contribution in [3.63, 3.8) is 0 Å². The van der Waals surface area contributed by atoms with Crippen LogP contribution in [-0.4, -0.2) is 25.7 Å². The number of rotatable bonds is 4. The van der Waals surface area contributed by atoms with E-state index in [-0.39, 0.29) is 28.8 Å². The normalized spacial score (nSPS) is 10.0. The number of amides is 1. The van der Waals surface area contributed by atoms with Crippen LogP contribution in [-0.2, 0) is 6.54 Å². The zero-order chi connectivity index (χ0) is 17.8. The van der Waals surface area contributed by atoms with E-state index in [0.717, 1.165) is 16.9 Å². The molecule has 0 aliphatic rings. The topological polar surface area (TPSA) is 120 Å². The molecule has 122 valence electrons. The largest absolute Gasteiger partial charge is 0.320 e. The van der Waals surface area contributed by atoms with Crippen LogP contribution in [0, 0.1) is 29.6 Å². The van der Waals surface area contributed by atoms with E-state index in [1.165, 1.54) is 10.9 Å². The van der Waals surface area contributed by atoms with Crippen LogP contribution in [0.25, 0.3) is 0 Å². The molecular formula is C16H11N7OS. The number of carbonyl (C=O) groups excluding carboxylic acids is 1. The van der Waals surface area contributed by atoms with E-state index in [4.69, 9.17) is 10.5 Å². The lowest BCUT2D eigenvalue weighted by molar-refractivity contribution is 0.102. The zero-order valence-electron chi connectivity index (χ0n) is 13.1. The van der Waals surface area contributed by atoms with Gasteiger partial charge in [-0.2, -0.15) is 10.5 Å². The molecule has 1 amide bonds. The van der Waals surface area contributed by atoms with Crippen molar-refractivity contribution in [2.45, 2.75) is 13.5 Å². The van der Waals surface area contributed by atoms with Gasteiger partial charge in [0.1, 0.15) is 17.1 Å². The third-order valence-electron chi connectivity index (χ3n) is 3.33.